The van der Waals surface area contributed by atoms with Gasteiger partial charge in [-0.25, -0.2) is 8.78 Å². The molecule has 3 aromatic carbocycles. The minimum atomic E-state index is -0.857. The highest BCUT2D eigenvalue weighted by Crippen LogP contribution is 2.31. The molecule has 0 saturated heterocycles. The molecule has 7 heteroatoms. The van der Waals surface area contributed by atoms with Crippen molar-refractivity contribution in [3.8, 4) is 22.8 Å². The predicted molar refractivity (Wildman–Crippen MR) is 109 cm³/mol. The van der Waals surface area contributed by atoms with E-state index in [4.69, 9.17) is 4.74 Å². The number of hydrogen-bond acceptors (Lipinski definition) is 4. The molecule has 0 spiro atoms. The van der Waals surface area contributed by atoms with Gasteiger partial charge in [-0.15, -0.1) is 10.2 Å². The van der Waals surface area contributed by atoms with E-state index in [9.17, 15) is 8.78 Å². The fraction of sp³-hybridized carbons (Fsp3) is 0.0909. The number of thioether (sulfide) groups is 1. The number of nitrogens with zero attached hydrogens (tertiary/aromatic N) is 3. The van der Waals surface area contributed by atoms with Crippen LogP contribution in [0.2, 0.25) is 0 Å². The third kappa shape index (κ3) is 4.00. The third-order valence-electron chi connectivity index (χ3n) is 4.36. The normalized spacial score (nSPS) is 10.9. The summed E-state index contributed by atoms with van der Waals surface area (Å²) in [4.78, 5) is 0. The van der Waals surface area contributed by atoms with Gasteiger partial charge in [-0.05, 0) is 30.3 Å². The van der Waals surface area contributed by atoms with Gasteiger partial charge in [-0.1, -0.05) is 54.2 Å². The first-order chi connectivity index (χ1) is 14.2. The molecular weight excluding hydrogens is 392 g/mol. The van der Waals surface area contributed by atoms with Crippen LogP contribution in [-0.2, 0) is 5.75 Å². The number of benzene rings is 3. The second kappa shape index (κ2) is 8.45. The summed E-state index contributed by atoms with van der Waals surface area (Å²) in [5, 5.41) is 9.25. The van der Waals surface area contributed by atoms with E-state index in [2.05, 4.69) is 10.2 Å². The van der Waals surface area contributed by atoms with Crippen LogP contribution in [0, 0.1) is 11.6 Å². The number of para-hydroxylation sites is 1. The molecule has 0 N–H and O–H groups in total. The van der Waals surface area contributed by atoms with E-state index in [0.717, 1.165) is 17.3 Å². The van der Waals surface area contributed by atoms with Crippen molar-refractivity contribution in [2.75, 3.05) is 7.11 Å². The Labute approximate surface area is 171 Å². The van der Waals surface area contributed by atoms with Gasteiger partial charge in [0.1, 0.15) is 5.75 Å². The van der Waals surface area contributed by atoms with E-state index in [-0.39, 0.29) is 11.3 Å². The second-order valence-electron chi connectivity index (χ2n) is 6.21. The summed E-state index contributed by atoms with van der Waals surface area (Å²) >= 11 is 1.29. The second-order valence-corrected chi connectivity index (χ2v) is 7.15. The molecule has 146 valence electrons. The van der Waals surface area contributed by atoms with Crippen LogP contribution in [0.25, 0.3) is 17.1 Å². The minimum absolute atomic E-state index is 0.229. The zero-order valence-corrected chi connectivity index (χ0v) is 16.4. The summed E-state index contributed by atoms with van der Waals surface area (Å²) in [6.07, 6.45) is 0. The van der Waals surface area contributed by atoms with Gasteiger partial charge in [0, 0.05) is 22.6 Å². The van der Waals surface area contributed by atoms with Crippen LogP contribution in [0.4, 0.5) is 8.78 Å². The summed E-state index contributed by atoms with van der Waals surface area (Å²) in [6.45, 7) is 0. The average Bonchev–Trinajstić information content (AvgIpc) is 3.19. The molecule has 0 amide bonds. The lowest BCUT2D eigenvalue weighted by Crippen LogP contribution is -2.00. The Kier molecular flexibility index (Phi) is 5.57. The van der Waals surface area contributed by atoms with Crippen LogP contribution in [0.15, 0.2) is 78.0 Å². The van der Waals surface area contributed by atoms with Gasteiger partial charge >= 0.3 is 0 Å². The van der Waals surface area contributed by atoms with Crippen LogP contribution in [-0.4, -0.2) is 21.9 Å². The minimum Gasteiger partial charge on any atom is -0.497 e. The van der Waals surface area contributed by atoms with Crippen molar-refractivity contribution in [2.45, 2.75) is 10.9 Å². The lowest BCUT2D eigenvalue weighted by atomic mass is 10.2. The van der Waals surface area contributed by atoms with Gasteiger partial charge in [0.25, 0.3) is 0 Å². The van der Waals surface area contributed by atoms with E-state index < -0.39 is 11.6 Å². The first-order valence-corrected chi connectivity index (χ1v) is 9.87. The highest BCUT2D eigenvalue weighted by atomic mass is 32.2. The summed E-state index contributed by atoms with van der Waals surface area (Å²) in [6, 6.07) is 21.4. The highest BCUT2D eigenvalue weighted by Gasteiger charge is 2.17. The van der Waals surface area contributed by atoms with Crippen molar-refractivity contribution < 1.29 is 13.5 Å². The van der Waals surface area contributed by atoms with E-state index in [0.29, 0.717) is 16.7 Å². The van der Waals surface area contributed by atoms with Gasteiger partial charge in [-0.3, -0.25) is 4.57 Å². The number of ether oxygens (including phenoxy) is 1. The van der Waals surface area contributed by atoms with Crippen LogP contribution < -0.4 is 4.74 Å². The molecule has 1 heterocycles. The Morgan fingerprint density at radius 2 is 1.72 bits per heavy atom. The Morgan fingerprint density at radius 3 is 2.52 bits per heavy atom. The van der Waals surface area contributed by atoms with E-state index in [1.807, 2.05) is 59.2 Å². The maximum absolute atomic E-state index is 14.0. The largest absolute Gasteiger partial charge is 0.497 e. The lowest BCUT2D eigenvalue weighted by molar-refractivity contribution is 0.415. The van der Waals surface area contributed by atoms with Crippen molar-refractivity contribution >= 4 is 11.8 Å². The zero-order valence-electron chi connectivity index (χ0n) is 15.5. The van der Waals surface area contributed by atoms with Gasteiger partial charge in [0.05, 0.1) is 7.11 Å². The number of aromatic nitrogens is 3. The molecule has 0 atom stereocenters. The van der Waals surface area contributed by atoms with Crippen LogP contribution in [0.1, 0.15) is 5.56 Å². The molecule has 0 radical (unpaired) electrons. The van der Waals surface area contributed by atoms with Crippen LogP contribution >= 0.6 is 11.8 Å². The molecule has 0 saturated carbocycles. The molecule has 0 aliphatic rings. The molecule has 0 aliphatic heterocycles. The fourth-order valence-electron chi connectivity index (χ4n) is 2.92. The molecule has 0 bridgehead atoms. The standard InChI is InChI=1S/C22H17F2N3OS/c1-28-18-11-5-7-15(13-18)21-25-26-22(27(21)17-9-3-2-4-10-17)29-14-16-8-6-12-19(23)20(16)24/h2-13H,14H2,1H3. The topological polar surface area (TPSA) is 39.9 Å². The first-order valence-electron chi connectivity index (χ1n) is 8.88. The van der Waals surface area contributed by atoms with Crippen LogP contribution in [0.5, 0.6) is 5.75 Å². The SMILES string of the molecule is COc1cccc(-c2nnc(SCc3cccc(F)c3F)n2-c2ccccc2)c1. The summed E-state index contributed by atoms with van der Waals surface area (Å²) in [5.41, 5.74) is 1.99. The monoisotopic (exact) mass is 409 g/mol. The molecule has 0 fully saturated rings. The zero-order chi connectivity index (χ0) is 20.2. The van der Waals surface area contributed by atoms with Crippen LogP contribution in [0.3, 0.4) is 0 Å². The summed E-state index contributed by atoms with van der Waals surface area (Å²) in [7, 11) is 1.61. The molecule has 4 nitrogen and oxygen atoms in total. The maximum atomic E-state index is 14.0. The number of hydrogen-bond donors (Lipinski definition) is 0. The van der Waals surface area contributed by atoms with E-state index in [1.54, 1.807) is 13.2 Å². The predicted octanol–water partition coefficient (Wildman–Crippen LogP) is 5.51. The van der Waals surface area contributed by atoms with Gasteiger partial charge in [0.2, 0.25) is 0 Å². The molecular formula is C22H17F2N3OS. The average molecular weight is 409 g/mol. The quantitative estimate of drug-likeness (QED) is 0.394. The summed E-state index contributed by atoms with van der Waals surface area (Å²) in [5.74, 6) is -0.117. The molecule has 29 heavy (non-hydrogen) atoms. The van der Waals surface area contributed by atoms with E-state index >= 15 is 0 Å². The van der Waals surface area contributed by atoms with Crippen molar-refractivity contribution in [1.29, 1.82) is 0 Å². The van der Waals surface area contributed by atoms with Crippen molar-refractivity contribution in [3.05, 3.63) is 90.0 Å². The maximum Gasteiger partial charge on any atom is 0.196 e. The van der Waals surface area contributed by atoms with Crippen molar-refractivity contribution in [1.82, 2.24) is 14.8 Å². The van der Waals surface area contributed by atoms with Crippen molar-refractivity contribution in [2.24, 2.45) is 0 Å². The molecule has 0 aliphatic carbocycles. The van der Waals surface area contributed by atoms with Gasteiger partial charge < -0.3 is 4.74 Å². The fourth-order valence-corrected chi connectivity index (χ4v) is 3.85. The van der Waals surface area contributed by atoms with Crippen molar-refractivity contribution in [3.63, 3.8) is 0 Å². The number of methoxy groups -OCH3 is 1. The Balaban J connectivity index is 1.74. The first kappa shape index (κ1) is 19.1. The van der Waals surface area contributed by atoms with E-state index in [1.165, 1.54) is 17.8 Å². The highest BCUT2D eigenvalue weighted by molar-refractivity contribution is 7.98. The molecule has 1 aromatic heterocycles. The van der Waals surface area contributed by atoms with Gasteiger partial charge in [-0.2, -0.15) is 0 Å². The number of halogens is 2. The third-order valence-corrected chi connectivity index (χ3v) is 5.34. The smallest absolute Gasteiger partial charge is 0.196 e. The summed E-state index contributed by atoms with van der Waals surface area (Å²) < 4.78 is 34.8. The van der Waals surface area contributed by atoms with Gasteiger partial charge in [0.15, 0.2) is 22.6 Å². The molecule has 4 aromatic rings. The lowest BCUT2D eigenvalue weighted by Gasteiger charge is -2.11. The Morgan fingerprint density at radius 1 is 0.931 bits per heavy atom. The molecule has 0 unspecified atom stereocenters. The molecule has 4 rings (SSSR count). The Hall–Kier alpha value is -3.19. The Bertz CT molecular complexity index is 1130. The number of rotatable bonds is 6.